The van der Waals surface area contributed by atoms with Crippen LogP contribution >= 0.6 is 0 Å². The molecule has 1 aliphatic rings. The molecule has 3 rings (SSSR count). The van der Waals surface area contributed by atoms with Crippen molar-refractivity contribution in [3.63, 3.8) is 0 Å². The predicted molar refractivity (Wildman–Crippen MR) is 108 cm³/mol. The summed E-state index contributed by atoms with van der Waals surface area (Å²) in [5.74, 6) is -0.851. The highest BCUT2D eigenvalue weighted by atomic mass is 19.1. The molecule has 0 bridgehead atoms. The number of benzene rings is 2. The second kappa shape index (κ2) is 9.99. The molecule has 0 aliphatic carbocycles. The molecule has 1 saturated heterocycles. The van der Waals surface area contributed by atoms with Gasteiger partial charge in [-0.25, -0.2) is 4.39 Å². The molecule has 28 heavy (non-hydrogen) atoms. The minimum atomic E-state index is -0.362. The van der Waals surface area contributed by atoms with E-state index in [9.17, 15) is 14.0 Å². The van der Waals surface area contributed by atoms with Gasteiger partial charge < -0.3 is 10.6 Å². The molecular formula is C22H26FN3O2. The second-order valence-corrected chi connectivity index (χ2v) is 7.14. The van der Waals surface area contributed by atoms with E-state index in [1.807, 2.05) is 24.3 Å². The summed E-state index contributed by atoms with van der Waals surface area (Å²) >= 11 is 0. The number of piperidine rings is 1. The van der Waals surface area contributed by atoms with Crippen LogP contribution in [0.5, 0.6) is 0 Å². The Labute approximate surface area is 164 Å². The van der Waals surface area contributed by atoms with Crippen molar-refractivity contribution in [1.29, 1.82) is 0 Å². The number of amides is 2. The monoisotopic (exact) mass is 383 g/mol. The average molecular weight is 383 g/mol. The first-order valence-electron chi connectivity index (χ1n) is 9.75. The maximum Gasteiger partial charge on any atom is 0.224 e. The number of rotatable bonds is 7. The molecular weight excluding hydrogens is 357 g/mol. The van der Waals surface area contributed by atoms with Crippen molar-refractivity contribution < 1.29 is 14.0 Å². The van der Waals surface area contributed by atoms with Gasteiger partial charge in [0.1, 0.15) is 5.82 Å². The first-order valence-corrected chi connectivity index (χ1v) is 9.75. The Bertz CT molecular complexity index is 784. The third-order valence-electron chi connectivity index (χ3n) is 4.80. The number of hydrogen-bond acceptors (Lipinski definition) is 3. The van der Waals surface area contributed by atoms with Gasteiger partial charge in [-0.1, -0.05) is 18.6 Å². The average Bonchev–Trinajstić information content (AvgIpc) is 2.70. The minimum absolute atomic E-state index is 0.0657. The number of hydrogen-bond donors (Lipinski definition) is 2. The van der Waals surface area contributed by atoms with Crippen molar-refractivity contribution in [1.82, 2.24) is 4.90 Å². The fourth-order valence-corrected chi connectivity index (χ4v) is 3.28. The Morgan fingerprint density at radius 1 is 0.786 bits per heavy atom. The van der Waals surface area contributed by atoms with Crippen molar-refractivity contribution >= 4 is 23.2 Å². The smallest absolute Gasteiger partial charge is 0.224 e. The number of nitrogens with zero attached hydrogens (tertiary/aromatic N) is 1. The van der Waals surface area contributed by atoms with Gasteiger partial charge >= 0.3 is 0 Å². The molecule has 1 aliphatic heterocycles. The van der Waals surface area contributed by atoms with Crippen molar-refractivity contribution in [2.75, 3.05) is 23.7 Å². The normalized spacial score (nSPS) is 14.5. The number of likely N-dealkylation sites (tertiary alicyclic amines) is 1. The molecule has 0 unspecified atom stereocenters. The van der Waals surface area contributed by atoms with Crippen LogP contribution in [-0.4, -0.2) is 29.8 Å². The first-order chi connectivity index (χ1) is 13.6. The third kappa shape index (κ3) is 6.46. The minimum Gasteiger partial charge on any atom is -0.326 e. The lowest BCUT2D eigenvalue weighted by Gasteiger charge is -2.26. The zero-order valence-corrected chi connectivity index (χ0v) is 15.9. The van der Waals surface area contributed by atoms with Gasteiger partial charge in [-0.15, -0.1) is 0 Å². The largest absolute Gasteiger partial charge is 0.326 e. The van der Waals surface area contributed by atoms with Crippen LogP contribution < -0.4 is 10.6 Å². The number of carbonyl (C=O) groups excluding carboxylic acids is 2. The van der Waals surface area contributed by atoms with Crippen molar-refractivity contribution in [3.8, 4) is 0 Å². The number of carbonyl (C=O) groups is 2. The van der Waals surface area contributed by atoms with Crippen LogP contribution in [0.2, 0.25) is 0 Å². The summed E-state index contributed by atoms with van der Waals surface area (Å²) < 4.78 is 12.9. The SMILES string of the molecule is O=C(CCC(=O)Nc1ccc(CN2CCCCC2)cc1)Nc1ccc(F)cc1. The molecule has 2 N–H and O–H groups in total. The van der Waals surface area contributed by atoms with Crippen LogP contribution in [0.3, 0.4) is 0 Å². The van der Waals surface area contributed by atoms with Crippen molar-refractivity contribution in [2.24, 2.45) is 0 Å². The summed E-state index contributed by atoms with van der Waals surface area (Å²) in [7, 11) is 0. The fourth-order valence-electron chi connectivity index (χ4n) is 3.28. The molecule has 0 saturated carbocycles. The van der Waals surface area contributed by atoms with Gasteiger partial charge in [-0.2, -0.15) is 0 Å². The molecule has 0 aromatic heterocycles. The number of anilines is 2. The lowest BCUT2D eigenvalue weighted by molar-refractivity contribution is -0.121. The highest BCUT2D eigenvalue weighted by Gasteiger charge is 2.11. The topological polar surface area (TPSA) is 61.4 Å². The summed E-state index contributed by atoms with van der Waals surface area (Å²) in [6, 6.07) is 13.4. The zero-order valence-electron chi connectivity index (χ0n) is 15.9. The summed E-state index contributed by atoms with van der Waals surface area (Å²) in [5.41, 5.74) is 2.47. The Hall–Kier alpha value is -2.73. The number of halogens is 1. The molecule has 0 spiro atoms. The molecule has 6 heteroatoms. The molecule has 148 valence electrons. The Kier molecular flexibility index (Phi) is 7.14. The van der Waals surface area contributed by atoms with E-state index >= 15 is 0 Å². The molecule has 0 radical (unpaired) electrons. The summed E-state index contributed by atoms with van der Waals surface area (Å²) in [6.07, 6.45) is 4.01. The van der Waals surface area contributed by atoms with Gasteiger partial charge in [0.15, 0.2) is 0 Å². The highest BCUT2D eigenvalue weighted by molar-refractivity contribution is 5.96. The van der Waals surface area contributed by atoms with Crippen molar-refractivity contribution in [3.05, 3.63) is 59.9 Å². The van der Waals surface area contributed by atoms with E-state index in [0.717, 1.165) is 25.3 Å². The van der Waals surface area contributed by atoms with Crippen LogP contribution in [0.1, 0.15) is 37.7 Å². The Morgan fingerprint density at radius 2 is 1.29 bits per heavy atom. The third-order valence-corrected chi connectivity index (χ3v) is 4.80. The van der Waals surface area contributed by atoms with E-state index in [2.05, 4.69) is 15.5 Å². The van der Waals surface area contributed by atoms with Gasteiger partial charge in [0.2, 0.25) is 11.8 Å². The Morgan fingerprint density at radius 3 is 1.82 bits per heavy atom. The van der Waals surface area contributed by atoms with E-state index in [4.69, 9.17) is 0 Å². The van der Waals surface area contributed by atoms with E-state index < -0.39 is 0 Å². The molecule has 5 nitrogen and oxygen atoms in total. The van der Waals surface area contributed by atoms with Crippen molar-refractivity contribution in [2.45, 2.75) is 38.6 Å². The van der Waals surface area contributed by atoms with E-state index in [0.29, 0.717) is 5.69 Å². The van der Waals surface area contributed by atoms with Gasteiger partial charge in [-0.05, 0) is 67.9 Å². The lowest BCUT2D eigenvalue weighted by Crippen LogP contribution is -2.29. The predicted octanol–water partition coefficient (Wildman–Crippen LogP) is 4.17. The molecule has 2 aromatic rings. The molecule has 1 fully saturated rings. The number of nitrogens with one attached hydrogen (secondary N) is 2. The zero-order chi connectivity index (χ0) is 19.8. The van der Waals surface area contributed by atoms with Crippen LogP contribution in [-0.2, 0) is 16.1 Å². The van der Waals surface area contributed by atoms with Crippen LogP contribution in [0.15, 0.2) is 48.5 Å². The maximum atomic E-state index is 12.9. The van der Waals surface area contributed by atoms with Crippen LogP contribution in [0, 0.1) is 5.82 Å². The maximum absolute atomic E-state index is 12.9. The van der Waals surface area contributed by atoms with Gasteiger partial charge in [0.05, 0.1) is 0 Å². The quantitative estimate of drug-likeness (QED) is 0.754. The molecule has 1 heterocycles. The van der Waals surface area contributed by atoms with Crippen LogP contribution in [0.4, 0.5) is 15.8 Å². The van der Waals surface area contributed by atoms with E-state index in [-0.39, 0.29) is 30.5 Å². The van der Waals surface area contributed by atoms with Gasteiger partial charge in [-0.3, -0.25) is 14.5 Å². The van der Waals surface area contributed by atoms with E-state index in [1.54, 1.807) is 0 Å². The summed E-state index contributed by atoms with van der Waals surface area (Å²) in [5, 5.41) is 5.46. The Balaban J connectivity index is 1.40. The molecule has 2 aromatic carbocycles. The van der Waals surface area contributed by atoms with Gasteiger partial charge in [0, 0.05) is 30.8 Å². The summed E-state index contributed by atoms with van der Waals surface area (Å²) in [6.45, 7) is 3.24. The molecule has 0 atom stereocenters. The first kappa shape index (κ1) is 20.0. The fraction of sp³-hybridized carbons (Fsp3) is 0.364. The highest BCUT2D eigenvalue weighted by Crippen LogP contribution is 2.16. The lowest BCUT2D eigenvalue weighted by atomic mass is 10.1. The summed E-state index contributed by atoms with van der Waals surface area (Å²) in [4.78, 5) is 26.4. The second-order valence-electron chi connectivity index (χ2n) is 7.14. The van der Waals surface area contributed by atoms with Gasteiger partial charge in [0.25, 0.3) is 0 Å². The van der Waals surface area contributed by atoms with Crippen LogP contribution in [0.25, 0.3) is 0 Å². The standard InChI is InChI=1S/C22H26FN3O2/c23-18-6-10-20(11-7-18)25-22(28)13-12-21(27)24-19-8-4-17(5-9-19)16-26-14-2-1-3-15-26/h4-11H,1-3,12-16H2,(H,24,27)(H,25,28). The van der Waals surface area contributed by atoms with E-state index in [1.165, 1.54) is 49.1 Å². The molecule has 2 amide bonds.